The van der Waals surface area contributed by atoms with E-state index < -0.39 is 12.1 Å². The van der Waals surface area contributed by atoms with Crippen molar-refractivity contribution in [2.75, 3.05) is 0 Å². The van der Waals surface area contributed by atoms with Gasteiger partial charge in [0.05, 0.1) is 6.04 Å². The Morgan fingerprint density at radius 2 is 2.22 bits per heavy atom. The maximum Gasteiger partial charge on any atom is 0.412 e. The number of halogens is 1. The standard InChI is InChI=1S/C13H12ClNO3/c1-8-5-11(16)7-12(15(8)13(17)18)9-3-2-4-10(14)6-9/h2-6,12H,7H2,1H3,(H,17,18)/t12-/m1/s1. The van der Waals surface area contributed by atoms with Crippen molar-refractivity contribution >= 4 is 23.5 Å². The maximum absolute atomic E-state index is 11.6. The number of carbonyl (C=O) groups is 2. The summed E-state index contributed by atoms with van der Waals surface area (Å²) in [5, 5.41) is 9.76. The van der Waals surface area contributed by atoms with Gasteiger partial charge in [-0.1, -0.05) is 23.7 Å². The Bertz CT molecular complexity index is 539. The number of carbonyl (C=O) groups excluding carboxylic acids is 1. The minimum absolute atomic E-state index is 0.0741. The number of rotatable bonds is 1. The van der Waals surface area contributed by atoms with Crippen LogP contribution in [0.25, 0.3) is 0 Å². The van der Waals surface area contributed by atoms with Crippen molar-refractivity contribution < 1.29 is 14.7 Å². The molecule has 94 valence electrons. The second-order valence-corrected chi connectivity index (χ2v) is 4.62. The molecule has 0 saturated heterocycles. The van der Waals surface area contributed by atoms with E-state index in [1.807, 2.05) is 0 Å². The van der Waals surface area contributed by atoms with Gasteiger partial charge in [0, 0.05) is 23.2 Å². The number of hydrogen-bond donors (Lipinski definition) is 1. The molecule has 0 spiro atoms. The molecule has 0 saturated carbocycles. The summed E-state index contributed by atoms with van der Waals surface area (Å²) in [5.41, 5.74) is 1.16. The third-order valence-corrected chi connectivity index (χ3v) is 3.13. The highest BCUT2D eigenvalue weighted by Gasteiger charge is 2.31. The quantitative estimate of drug-likeness (QED) is 0.848. The highest BCUT2D eigenvalue weighted by atomic mass is 35.5. The molecule has 18 heavy (non-hydrogen) atoms. The van der Waals surface area contributed by atoms with E-state index in [1.54, 1.807) is 31.2 Å². The molecule has 1 heterocycles. The largest absolute Gasteiger partial charge is 0.465 e. The first-order valence-corrected chi connectivity index (χ1v) is 5.85. The second-order valence-electron chi connectivity index (χ2n) is 4.18. The second kappa shape index (κ2) is 4.82. The van der Waals surface area contributed by atoms with E-state index in [0.29, 0.717) is 10.7 Å². The summed E-state index contributed by atoms with van der Waals surface area (Å²) in [6.45, 7) is 1.61. The molecule has 1 aliphatic rings. The Labute approximate surface area is 109 Å². The van der Waals surface area contributed by atoms with Gasteiger partial charge in [0.2, 0.25) is 0 Å². The summed E-state index contributed by atoms with van der Waals surface area (Å²) in [6.07, 6.45) is 0.431. The van der Waals surface area contributed by atoms with E-state index in [4.69, 9.17) is 11.6 Å². The Morgan fingerprint density at radius 1 is 1.50 bits per heavy atom. The van der Waals surface area contributed by atoms with Crippen LogP contribution in [0.2, 0.25) is 5.02 Å². The Kier molecular flexibility index (Phi) is 3.39. The van der Waals surface area contributed by atoms with Crippen LogP contribution < -0.4 is 0 Å². The molecule has 1 aromatic rings. The lowest BCUT2D eigenvalue weighted by molar-refractivity contribution is -0.116. The molecule has 2 rings (SSSR count). The predicted molar refractivity (Wildman–Crippen MR) is 67.4 cm³/mol. The van der Waals surface area contributed by atoms with Gasteiger partial charge < -0.3 is 5.11 Å². The van der Waals surface area contributed by atoms with E-state index >= 15 is 0 Å². The van der Waals surface area contributed by atoms with Crippen molar-refractivity contribution in [1.82, 2.24) is 4.90 Å². The number of ketones is 1. The van der Waals surface area contributed by atoms with Crippen molar-refractivity contribution in [3.05, 3.63) is 46.6 Å². The monoisotopic (exact) mass is 265 g/mol. The van der Waals surface area contributed by atoms with Gasteiger partial charge in [-0.05, 0) is 24.6 Å². The van der Waals surface area contributed by atoms with Crippen LogP contribution in [0, 0.1) is 0 Å². The lowest BCUT2D eigenvalue weighted by atomic mass is 9.96. The van der Waals surface area contributed by atoms with Crippen LogP contribution in [-0.2, 0) is 4.79 Å². The van der Waals surface area contributed by atoms with Crippen LogP contribution in [0.1, 0.15) is 24.9 Å². The fourth-order valence-corrected chi connectivity index (χ4v) is 2.35. The van der Waals surface area contributed by atoms with Gasteiger partial charge in [-0.3, -0.25) is 9.69 Å². The zero-order valence-corrected chi connectivity index (χ0v) is 10.5. The number of carboxylic acid groups (broad SMARTS) is 1. The Balaban J connectivity index is 2.44. The lowest BCUT2D eigenvalue weighted by Crippen LogP contribution is -2.36. The summed E-state index contributed by atoms with van der Waals surface area (Å²) in [5.74, 6) is -0.0741. The van der Waals surface area contributed by atoms with Crippen LogP contribution in [-0.4, -0.2) is 21.9 Å². The first-order valence-electron chi connectivity index (χ1n) is 5.48. The van der Waals surface area contributed by atoms with Gasteiger partial charge >= 0.3 is 6.09 Å². The number of allylic oxidation sites excluding steroid dienone is 2. The first kappa shape index (κ1) is 12.6. The van der Waals surface area contributed by atoms with Crippen molar-refractivity contribution in [3.63, 3.8) is 0 Å². The molecule has 1 N–H and O–H groups in total. The molecule has 4 nitrogen and oxygen atoms in total. The number of benzene rings is 1. The summed E-state index contributed by atoms with van der Waals surface area (Å²) in [4.78, 5) is 24.1. The molecular formula is C13H12ClNO3. The summed E-state index contributed by atoms with van der Waals surface area (Å²) in [7, 11) is 0. The fraction of sp³-hybridized carbons (Fsp3) is 0.231. The van der Waals surface area contributed by atoms with Gasteiger partial charge in [-0.2, -0.15) is 0 Å². The van der Waals surface area contributed by atoms with Crippen molar-refractivity contribution in [3.8, 4) is 0 Å². The van der Waals surface area contributed by atoms with Crippen molar-refractivity contribution in [2.24, 2.45) is 0 Å². The van der Waals surface area contributed by atoms with Crippen LogP contribution in [0.3, 0.4) is 0 Å². The highest BCUT2D eigenvalue weighted by Crippen LogP contribution is 2.32. The van der Waals surface area contributed by atoms with Crippen molar-refractivity contribution in [1.29, 1.82) is 0 Å². The third-order valence-electron chi connectivity index (χ3n) is 2.90. The molecule has 0 bridgehead atoms. The molecule has 0 fully saturated rings. The van der Waals surface area contributed by atoms with E-state index in [2.05, 4.69) is 0 Å². The van der Waals surface area contributed by atoms with E-state index in [-0.39, 0.29) is 12.2 Å². The minimum Gasteiger partial charge on any atom is -0.465 e. The van der Waals surface area contributed by atoms with E-state index in [9.17, 15) is 14.7 Å². The smallest absolute Gasteiger partial charge is 0.412 e. The molecule has 0 radical (unpaired) electrons. The van der Waals surface area contributed by atoms with Gasteiger partial charge in [0.1, 0.15) is 0 Å². The summed E-state index contributed by atoms with van der Waals surface area (Å²) >= 11 is 5.90. The van der Waals surface area contributed by atoms with Crippen molar-refractivity contribution in [2.45, 2.75) is 19.4 Å². The van der Waals surface area contributed by atoms with Crippen LogP contribution in [0.5, 0.6) is 0 Å². The van der Waals surface area contributed by atoms with Gasteiger partial charge in [0.25, 0.3) is 0 Å². The number of nitrogens with zero attached hydrogens (tertiary/aromatic N) is 1. The van der Waals surface area contributed by atoms with Gasteiger partial charge in [-0.25, -0.2) is 4.79 Å². The van der Waals surface area contributed by atoms with Gasteiger partial charge in [0.15, 0.2) is 5.78 Å². The number of amides is 1. The predicted octanol–water partition coefficient (Wildman–Crippen LogP) is 3.24. The van der Waals surface area contributed by atoms with E-state index in [1.165, 1.54) is 11.0 Å². The lowest BCUT2D eigenvalue weighted by Gasteiger charge is -2.32. The molecular weight excluding hydrogens is 254 g/mol. The number of hydrogen-bond acceptors (Lipinski definition) is 2. The third kappa shape index (κ3) is 2.38. The van der Waals surface area contributed by atoms with Crippen LogP contribution >= 0.6 is 11.6 Å². The average molecular weight is 266 g/mol. The molecule has 0 unspecified atom stereocenters. The molecule has 5 heteroatoms. The molecule has 0 aromatic heterocycles. The zero-order valence-electron chi connectivity index (χ0n) is 9.76. The van der Waals surface area contributed by atoms with Crippen LogP contribution in [0.4, 0.5) is 4.79 Å². The average Bonchev–Trinajstić information content (AvgIpc) is 2.27. The highest BCUT2D eigenvalue weighted by molar-refractivity contribution is 6.30. The molecule has 1 atom stereocenters. The molecule has 1 aliphatic heterocycles. The first-order chi connectivity index (χ1) is 8.49. The fourth-order valence-electron chi connectivity index (χ4n) is 2.15. The molecule has 1 aromatic carbocycles. The van der Waals surface area contributed by atoms with Gasteiger partial charge in [-0.15, -0.1) is 0 Å². The SMILES string of the molecule is CC1=CC(=O)C[C@H](c2cccc(Cl)c2)N1C(=O)O. The summed E-state index contributed by atoms with van der Waals surface area (Å²) in [6, 6.07) is 6.42. The Morgan fingerprint density at radius 3 is 2.83 bits per heavy atom. The normalized spacial score (nSPS) is 19.7. The summed E-state index contributed by atoms with van der Waals surface area (Å²) < 4.78 is 0. The zero-order chi connectivity index (χ0) is 13.3. The topological polar surface area (TPSA) is 57.6 Å². The molecule has 1 amide bonds. The molecule has 0 aliphatic carbocycles. The van der Waals surface area contributed by atoms with E-state index in [0.717, 1.165) is 5.56 Å². The Hall–Kier alpha value is -1.81. The van der Waals surface area contributed by atoms with Crippen LogP contribution in [0.15, 0.2) is 36.0 Å². The minimum atomic E-state index is -1.07. The maximum atomic E-state index is 11.6.